The molecule has 2 heterocycles. The van der Waals surface area contributed by atoms with Gasteiger partial charge in [-0.1, -0.05) is 30.3 Å². The molecule has 0 aliphatic carbocycles. The average Bonchev–Trinajstić information content (AvgIpc) is 3.21. The zero-order chi connectivity index (χ0) is 24.4. The van der Waals surface area contributed by atoms with Crippen LogP contribution in [-0.2, 0) is 17.9 Å². The van der Waals surface area contributed by atoms with Gasteiger partial charge < -0.3 is 22.3 Å². The van der Waals surface area contributed by atoms with Crippen molar-refractivity contribution >= 4 is 45.0 Å². The van der Waals surface area contributed by atoms with Crippen LogP contribution in [0.5, 0.6) is 0 Å². The summed E-state index contributed by atoms with van der Waals surface area (Å²) in [5.41, 5.74) is 3.24. The van der Waals surface area contributed by atoms with Gasteiger partial charge in [0, 0.05) is 29.3 Å². The summed E-state index contributed by atoms with van der Waals surface area (Å²) < 4.78 is 3.55. The number of para-hydroxylation sites is 3. The van der Waals surface area contributed by atoms with Gasteiger partial charge in [0.05, 0.1) is 16.1 Å². The molecular formula is C26H20BrN5O4. The zero-order valence-electron chi connectivity index (χ0n) is 18.9. The van der Waals surface area contributed by atoms with E-state index in [9.17, 15) is 19.7 Å². The Hall–Kier alpha value is -4.44. The average molecular weight is 546 g/mol. The molecule has 0 bridgehead atoms. The number of amides is 1. The number of fused-ring (bicyclic) bond motifs is 2. The van der Waals surface area contributed by atoms with Gasteiger partial charge in [-0.25, -0.2) is 9.13 Å². The van der Waals surface area contributed by atoms with E-state index >= 15 is 0 Å². The summed E-state index contributed by atoms with van der Waals surface area (Å²) in [6.45, 7) is 0.0721. The van der Waals surface area contributed by atoms with Crippen LogP contribution in [0, 0.1) is 10.1 Å². The molecule has 1 amide bonds. The maximum Gasteiger partial charge on any atom is 0.269 e. The Labute approximate surface area is 215 Å². The van der Waals surface area contributed by atoms with E-state index in [1.54, 1.807) is 21.7 Å². The topological polar surface area (TPSA) is 111 Å². The molecule has 3 aromatic carbocycles. The first-order valence-corrected chi connectivity index (χ1v) is 10.9. The van der Waals surface area contributed by atoms with Crippen LogP contribution in [0.2, 0.25) is 0 Å². The van der Waals surface area contributed by atoms with Crippen molar-refractivity contribution in [3.8, 4) is 0 Å². The van der Waals surface area contributed by atoms with Crippen LogP contribution in [0.1, 0.15) is 10.4 Å². The fraction of sp³-hybridized carbons (Fsp3) is 0.0769. The number of nitro groups is 1. The Morgan fingerprint density at radius 3 is 2.50 bits per heavy atom. The molecule has 180 valence electrons. The van der Waals surface area contributed by atoms with Gasteiger partial charge in [-0.15, -0.1) is 0 Å². The Morgan fingerprint density at radius 2 is 1.72 bits per heavy atom. The summed E-state index contributed by atoms with van der Waals surface area (Å²) in [6, 6.07) is 22.4. The van der Waals surface area contributed by atoms with E-state index in [4.69, 9.17) is 0 Å². The minimum atomic E-state index is -0.504. The molecule has 0 radical (unpaired) electrons. The Balaban J connectivity index is 0.00000304. The highest BCUT2D eigenvalue weighted by Crippen LogP contribution is 2.21. The fourth-order valence-electron chi connectivity index (χ4n) is 4.06. The van der Waals surface area contributed by atoms with Gasteiger partial charge in [0.1, 0.15) is 0 Å². The number of carbonyl (C=O) groups excluding carboxylic acids is 2. The molecule has 1 N–H and O–H groups in total. The van der Waals surface area contributed by atoms with Gasteiger partial charge in [-0.3, -0.25) is 24.7 Å². The zero-order valence-corrected chi connectivity index (χ0v) is 20.5. The third-order valence-electron chi connectivity index (χ3n) is 5.71. The molecule has 2 aromatic heterocycles. The van der Waals surface area contributed by atoms with E-state index in [1.807, 2.05) is 54.6 Å². The van der Waals surface area contributed by atoms with Crippen LogP contribution in [0.4, 0.5) is 11.4 Å². The van der Waals surface area contributed by atoms with Crippen LogP contribution >= 0.6 is 0 Å². The van der Waals surface area contributed by atoms with Crippen molar-refractivity contribution in [1.29, 1.82) is 0 Å². The number of carbonyl (C=O) groups is 2. The van der Waals surface area contributed by atoms with Crippen LogP contribution in [0.3, 0.4) is 0 Å². The van der Waals surface area contributed by atoms with Crippen molar-refractivity contribution in [2.45, 2.75) is 13.1 Å². The number of benzene rings is 3. The van der Waals surface area contributed by atoms with Gasteiger partial charge in [-0.05, 0) is 36.4 Å². The Kier molecular flexibility index (Phi) is 7.16. The molecule has 5 aromatic rings. The number of rotatable bonds is 7. The summed E-state index contributed by atoms with van der Waals surface area (Å²) in [7, 11) is 0. The third kappa shape index (κ3) is 4.98. The number of hydrogen-bond acceptors (Lipinski definition) is 5. The Bertz CT molecular complexity index is 1590. The minimum absolute atomic E-state index is 0. The molecule has 0 aliphatic heterocycles. The number of Topliss-reactive ketones (excluding diaryl/α,β-unsaturated/α-hetero) is 1. The second-order valence-electron chi connectivity index (χ2n) is 8.02. The lowest BCUT2D eigenvalue weighted by atomic mass is 10.1. The first-order valence-electron chi connectivity index (χ1n) is 10.9. The summed E-state index contributed by atoms with van der Waals surface area (Å²) in [6.07, 6.45) is 3.41. The van der Waals surface area contributed by atoms with E-state index in [2.05, 4.69) is 10.3 Å². The number of pyridine rings is 1. The van der Waals surface area contributed by atoms with E-state index < -0.39 is 4.92 Å². The van der Waals surface area contributed by atoms with E-state index in [-0.39, 0.29) is 47.4 Å². The molecule has 5 rings (SSSR count). The lowest BCUT2D eigenvalue weighted by Crippen LogP contribution is -3.00. The van der Waals surface area contributed by atoms with Crippen LogP contribution < -0.4 is 26.9 Å². The number of halogens is 1. The first kappa shape index (κ1) is 24.7. The number of nitrogens with one attached hydrogen (secondary N) is 1. The normalized spacial score (nSPS) is 10.7. The number of hydrogen-bond donors (Lipinski definition) is 1. The molecule has 0 unspecified atom stereocenters. The largest absolute Gasteiger partial charge is 1.00 e. The molecule has 10 heteroatoms. The molecule has 0 fully saturated rings. The molecule has 0 saturated heterocycles. The number of ketones is 1. The third-order valence-corrected chi connectivity index (χ3v) is 5.71. The number of nitrogens with zero attached hydrogens (tertiary/aromatic N) is 4. The first-order chi connectivity index (χ1) is 17.0. The highest BCUT2D eigenvalue weighted by atomic mass is 79.9. The van der Waals surface area contributed by atoms with Gasteiger partial charge in [0.2, 0.25) is 12.1 Å². The van der Waals surface area contributed by atoms with Crippen LogP contribution in [-0.4, -0.2) is 26.2 Å². The lowest BCUT2D eigenvalue weighted by molar-refractivity contribution is -0.657. The van der Waals surface area contributed by atoms with E-state index in [0.717, 1.165) is 16.4 Å². The molecule has 36 heavy (non-hydrogen) atoms. The summed E-state index contributed by atoms with van der Waals surface area (Å²) in [4.78, 5) is 40.5. The number of non-ortho nitro benzene ring substituents is 1. The summed E-state index contributed by atoms with van der Waals surface area (Å²) >= 11 is 0. The van der Waals surface area contributed by atoms with Crippen LogP contribution in [0.25, 0.3) is 21.9 Å². The van der Waals surface area contributed by atoms with E-state index in [0.29, 0.717) is 16.8 Å². The summed E-state index contributed by atoms with van der Waals surface area (Å²) in [5.74, 6) is -0.420. The smallest absolute Gasteiger partial charge is 0.269 e. The van der Waals surface area contributed by atoms with Crippen molar-refractivity contribution in [2.75, 3.05) is 5.32 Å². The molecular weight excluding hydrogens is 526 g/mol. The molecule has 0 aliphatic rings. The predicted octanol–water partition coefficient (Wildman–Crippen LogP) is 0.911. The maximum absolute atomic E-state index is 12.9. The van der Waals surface area contributed by atoms with Crippen molar-refractivity contribution in [2.24, 2.45) is 0 Å². The number of imidazole rings is 1. The molecule has 0 saturated carbocycles. The van der Waals surface area contributed by atoms with Crippen molar-refractivity contribution < 1.29 is 36.1 Å². The standard InChI is InChI=1S/C26H19N5O4.BrH/c32-24(18-10-12-20(13-11-18)31(34)35)15-29-17-30(23-9-2-1-8-22(23)29)16-25(33)28-21-7-3-5-19-6-4-14-27-26(19)21;/h1-14,17H,15-16H2;1H. The number of aromatic nitrogens is 3. The van der Waals surface area contributed by atoms with Crippen LogP contribution in [0.15, 0.2) is 91.4 Å². The van der Waals surface area contributed by atoms with Gasteiger partial charge in [0.25, 0.3) is 11.6 Å². The van der Waals surface area contributed by atoms with E-state index in [1.165, 1.54) is 24.3 Å². The fourth-order valence-corrected chi connectivity index (χ4v) is 4.06. The van der Waals surface area contributed by atoms with Crippen molar-refractivity contribution in [3.63, 3.8) is 0 Å². The minimum Gasteiger partial charge on any atom is -1.00 e. The number of anilines is 1. The quantitative estimate of drug-likeness (QED) is 0.141. The highest BCUT2D eigenvalue weighted by Gasteiger charge is 2.21. The maximum atomic E-state index is 12.9. The SMILES string of the molecule is O=C(Cn1c[n+](CC(=O)c2ccc([N+](=O)[O-])cc2)c2ccccc21)Nc1cccc2cccnc12.[Br-]. The van der Waals surface area contributed by atoms with Crippen molar-refractivity contribution in [3.05, 3.63) is 107 Å². The van der Waals surface area contributed by atoms with Gasteiger partial charge >= 0.3 is 0 Å². The lowest BCUT2D eigenvalue weighted by Gasteiger charge is -2.07. The molecule has 0 spiro atoms. The monoisotopic (exact) mass is 545 g/mol. The highest BCUT2D eigenvalue weighted by molar-refractivity contribution is 6.00. The Morgan fingerprint density at radius 1 is 0.972 bits per heavy atom. The number of nitro benzene ring substituents is 1. The van der Waals surface area contributed by atoms with Gasteiger partial charge in [0.15, 0.2) is 24.1 Å². The van der Waals surface area contributed by atoms with Crippen molar-refractivity contribution in [1.82, 2.24) is 9.55 Å². The molecule has 0 atom stereocenters. The van der Waals surface area contributed by atoms with Gasteiger partial charge in [-0.2, -0.15) is 0 Å². The second-order valence-corrected chi connectivity index (χ2v) is 8.02. The molecule has 9 nitrogen and oxygen atoms in total. The second kappa shape index (κ2) is 10.4. The predicted molar refractivity (Wildman–Crippen MR) is 130 cm³/mol. The summed E-state index contributed by atoms with van der Waals surface area (Å²) in [5, 5.41) is 14.7.